The van der Waals surface area contributed by atoms with E-state index in [-0.39, 0.29) is 12.5 Å². The van der Waals surface area contributed by atoms with Gasteiger partial charge >= 0.3 is 6.03 Å². The van der Waals surface area contributed by atoms with Crippen molar-refractivity contribution < 1.29 is 14.7 Å². The summed E-state index contributed by atoms with van der Waals surface area (Å²) in [5, 5.41) is 12.2. The molecule has 5 heteroatoms. The van der Waals surface area contributed by atoms with Crippen LogP contribution >= 0.6 is 0 Å². The third kappa shape index (κ3) is 3.20. The van der Waals surface area contributed by atoms with E-state index in [4.69, 9.17) is 0 Å². The van der Waals surface area contributed by atoms with Gasteiger partial charge in [0.15, 0.2) is 0 Å². The number of hydrogen-bond donors (Lipinski definition) is 2. The van der Waals surface area contributed by atoms with Crippen molar-refractivity contribution >= 4 is 11.9 Å². The molecule has 1 rings (SSSR count). The molecule has 1 aliphatic rings. The Balaban J connectivity index is 2.61. The van der Waals surface area contributed by atoms with Gasteiger partial charge in [0.25, 0.3) is 5.91 Å². The number of nitrogens with zero attached hydrogens (tertiary/aromatic N) is 1. The molecule has 0 bridgehead atoms. The molecule has 0 aromatic rings. The first-order valence-electron chi connectivity index (χ1n) is 5.69. The maximum Gasteiger partial charge on any atom is 0.324 e. The van der Waals surface area contributed by atoms with Crippen LogP contribution in [0.4, 0.5) is 4.79 Å². The van der Waals surface area contributed by atoms with E-state index < -0.39 is 17.7 Å². The molecule has 5 nitrogen and oxygen atoms in total. The van der Waals surface area contributed by atoms with Crippen LogP contribution in [0.15, 0.2) is 0 Å². The first kappa shape index (κ1) is 13.0. The molecule has 92 valence electrons. The summed E-state index contributed by atoms with van der Waals surface area (Å²) in [6.45, 7) is 5.23. The molecule has 0 aliphatic carbocycles. The number of aliphatic hydroxyl groups is 1. The van der Waals surface area contributed by atoms with E-state index in [1.165, 1.54) is 0 Å². The van der Waals surface area contributed by atoms with Gasteiger partial charge in [-0.1, -0.05) is 19.8 Å². The SMILES string of the molecule is CCCCC1NC(=O)N(CC(C)(C)O)C1=O. The van der Waals surface area contributed by atoms with Crippen molar-refractivity contribution in [1.82, 2.24) is 10.2 Å². The first-order valence-corrected chi connectivity index (χ1v) is 5.69. The molecule has 1 saturated heterocycles. The van der Waals surface area contributed by atoms with Crippen molar-refractivity contribution in [2.24, 2.45) is 0 Å². The van der Waals surface area contributed by atoms with Crippen molar-refractivity contribution in [2.75, 3.05) is 6.54 Å². The van der Waals surface area contributed by atoms with Crippen molar-refractivity contribution in [3.8, 4) is 0 Å². The topological polar surface area (TPSA) is 69.6 Å². The van der Waals surface area contributed by atoms with Crippen molar-refractivity contribution in [2.45, 2.75) is 51.7 Å². The number of nitrogens with one attached hydrogen (secondary N) is 1. The highest BCUT2D eigenvalue weighted by molar-refractivity contribution is 6.04. The van der Waals surface area contributed by atoms with Crippen molar-refractivity contribution in [1.29, 1.82) is 0 Å². The molecule has 1 unspecified atom stereocenters. The Bertz CT molecular complexity index is 283. The lowest BCUT2D eigenvalue weighted by atomic mass is 10.1. The summed E-state index contributed by atoms with van der Waals surface area (Å²) in [6, 6.07) is -0.803. The van der Waals surface area contributed by atoms with Crippen LogP contribution in [0.5, 0.6) is 0 Å². The highest BCUT2D eigenvalue weighted by atomic mass is 16.3. The van der Waals surface area contributed by atoms with Gasteiger partial charge in [-0.3, -0.25) is 9.69 Å². The Labute approximate surface area is 95.8 Å². The van der Waals surface area contributed by atoms with Crippen LogP contribution in [0.25, 0.3) is 0 Å². The number of rotatable bonds is 5. The fourth-order valence-electron chi connectivity index (χ4n) is 1.72. The number of amides is 3. The summed E-state index contributed by atoms with van der Waals surface area (Å²) in [7, 11) is 0. The highest BCUT2D eigenvalue weighted by Crippen LogP contribution is 2.15. The number of carbonyl (C=O) groups excluding carboxylic acids is 2. The molecule has 0 aromatic carbocycles. The van der Waals surface area contributed by atoms with Crippen LogP contribution in [-0.4, -0.2) is 40.1 Å². The number of carbonyl (C=O) groups is 2. The van der Waals surface area contributed by atoms with Crippen LogP contribution in [0.1, 0.15) is 40.0 Å². The molecule has 2 N–H and O–H groups in total. The highest BCUT2D eigenvalue weighted by Gasteiger charge is 2.39. The summed E-state index contributed by atoms with van der Waals surface area (Å²) >= 11 is 0. The predicted molar refractivity (Wildman–Crippen MR) is 59.9 cm³/mol. The van der Waals surface area contributed by atoms with Gasteiger partial charge < -0.3 is 10.4 Å². The van der Waals surface area contributed by atoms with Crippen LogP contribution in [0.2, 0.25) is 0 Å². The Morgan fingerprint density at radius 3 is 2.56 bits per heavy atom. The summed E-state index contributed by atoms with van der Waals surface area (Å²) in [6.07, 6.45) is 2.57. The van der Waals surface area contributed by atoms with E-state index in [1.54, 1.807) is 13.8 Å². The predicted octanol–water partition coefficient (Wildman–Crippen LogP) is 0.868. The van der Waals surface area contributed by atoms with Gasteiger partial charge in [0.1, 0.15) is 6.04 Å². The Hall–Kier alpha value is -1.10. The quantitative estimate of drug-likeness (QED) is 0.686. The maximum absolute atomic E-state index is 11.8. The van der Waals surface area contributed by atoms with Crippen LogP contribution in [0, 0.1) is 0 Å². The summed E-state index contributed by atoms with van der Waals surface area (Å²) < 4.78 is 0. The van der Waals surface area contributed by atoms with Crippen LogP contribution in [-0.2, 0) is 4.79 Å². The zero-order valence-corrected chi connectivity index (χ0v) is 10.1. The lowest BCUT2D eigenvalue weighted by molar-refractivity contribution is -0.129. The normalized spacial score (nSPS) is 21.5. The molecule has 3 amide bonds. The molecule has 1 atom stereocenters. The molecular weight excluding hydrogens is 208 g/mol. The Morgan fingerprint density at radius 1 is 1.44 bits per heavy atom. The molecule has 1 fully saturated rings. The molecule has 1 heterocycles. The lowest BCUT2D eigenvalue weighted by Gasteiger charge is -2.22. The minimum absolute atomic E-state index is 0.0420. The second-order valence-corrected chi connectivity index (χ2v) is 4.88. The maximum atomic E-state index is 11.8. The second kappa shape index (κ2) is 4.82. The molecule has 1 aliphatic heterocycles. The molecule has 16 heavy (non-hydrogen) atoms. The molecule has 0 saturated carbocycles. The van der Waals surface area contributed by atoms with Gasteiger partial charge in [-0.05, 0) is 20.3 Å². The largest absolute Gasteiger partial charge is 0.389 e. The summed E-state index contributed by atoms with van der Waals surface area (Å²) in [5.74, 6) is -0.222. The Morgan fingerprint density at radius 2 is 2.06 bits per heavy atom. The number of unbranched alkanes of at least 4 members (excludes halogenated alkanes) is 1. The molecule has 0 radical (unpaired) electrons. The van der Waals surface area contributed by atoms with E-state index >= 15 is 0 Å². The molecular formula is C11H20N2O3. The van der Waals surface area contributed by atoms with Crippen molar-refractivity contribution in [3.05, 3.63) is 0 Å². The summed E-state index contributed by atoms with van der Waals surface area (Å²) in [5.41, 5.74) is -1.05. The minimum Gasteiger partial charge on any atom is -0.389 e. The second-order valence-electron chi connectivity index (χ2n) is 4.88. The van der Waals surface area contributed by atoms with Crippen molar-refractivity contribution in [3.63, 3.8) is 0 Å². The fraction of sp³-hybridized carbons (Fsp3) is 0.818. The Kier molecular flexibility index (Phi) is 3.91. The monoisotopic (exact) mass is 228 g/mol. The first-order chi connectivity index (χ1) is 7.35. The third-order valence-electron chi connectivity index (χ3n) is 2.50. The lowest BCUT2D eigenvalue weighted by Crippen LogP contribution is -2.42. The standard InChI is InChI=1S/C11H20N2O3/c1-4-5-6-8-9(14)13(10(15)12-8)7-11(2,3)16/h8,16H,4-7H2,1-3H3,(H,12,15). The number of hydrogen-bond acceptors (Lipinski definition) is 3. The van der Waals surface area contributed by atoms with E-state index in [0.29, 0.717) is 6.42 Å². The van der Waals surface area contributed by atoms with Gasteiger partial charge in [0, 0.05) is 0 Å². The average molecular weight is 228 g/mol. The van der Waals surface area contributed by atoms with E-state index in [2.05, 4.69) is 5.32 Å². The molecule has 0 aromatic heterocycles. The van der Waals surface area contributed by atoms with E-state index in [1.807, 2.05) is 6.92 Å². The van der Waals surface area contributed by atoms with Crippen LogP contribution in [0.3, 0.4) is 0 Å². The average Bonchev–Trinajstić information content (AvgIpc) is 2.40. The third-order valence-corrected chi connectivity index (χ3v) is 2.50. The number of urea groups is 1. The molecule has 0 spiro atoms. The number of imide groups is 1. The minimum atomic E-state index is -1.05. The fourth-order valence-corrected chi connectivity index (χ4v) is 1.72. The van der Waals surface area contributed by atoms with Gasteiger partial charge in [-0.2, -0.15) is 0 Å². The van der Waals surface area contributed by atoms with Crippen LogP contribution < -0.4 is 5.32 Å². The summed E-state index contributed by atoms with van der Waals surface area (Å²) in [4.78, 5) is 24.4. The van der Waals surface area contributed by atoms with E-state index in [9.17, 15) is 14.7 Å². The van der Waals surface area contributed by atoms with Gasteiger partial charge in [0.2, 0.25) is 0 Å². The zero-order chi connectivity index (χ0) is 12.3. The number of β-amino-alcohol motifs (C(OH)–C–C–N with tert-alkyl or cyclic N) is 1. The van der Waals surface area contributed by atoms with Gasteiger partial charge in [-0.15, -0.1) is 0 Å². The smallest absolute Gasteiger partial charge is 0.324 e. The van der Waals surface area contributed by atoms with E-state index in [0.717, 1.165) is 17.7 Å². The zero-order valence-electron chi connectivity index (χ0n) is 10.1. The van der Waals surface area contributed by atoms with Gasteiger partial charge in [0.05, 0.1) is 12.1 Å². The van der Waals surface area contributed by atoms with Gasteiger partial charge in [-0.25, -0.2) is 4.79 Å².